The van der Waals surface area contributed by atoms with E-state index in [1.807, 2.05) is 25.1 Å². The highest BCUT2D eigenvalue weighted by molar-refractivity contribution is 5.36. The lowest BCUT2D eigenvalue weighted by Gasteiger charge is -2.12. The number of allylic oxidation sites excluding steroid dienone is 1. The summed E-state index contributed by atoms with van der Waals surface area (Å²) >= 11 is 0. The molecule has 0 atom stereocenters. The molecule has 1 heteroatoms. The first-order valence-corrected chi connectivity index (χ1v) is 4.53. The molecule has 0 heterocycles. The lowest BCUT2D eigenvalue weighted by molar-refractivity contribution is 0.423. The molecule has 0 fully saturated rings. The Hall–Kier alpha value is -1.24. The van der Waals surface area contributed by atoms with Crippen molar-refractivity contribution >= 4 is 0 Å². The molecule has 0 saturated heterocycles. The minimum absolute atomic E-state index is 0.482. The number of para-hydroxylation sites is 1. The summed E-state index contributed by atoms with van der Waals surface area (Å²) in [5.74, 6) is 2.13. The lowest BCUT2D eigenvalue weighted by atomic mass is 10.0. The molecule has 0 amide bonds. The van der Waals surface area contributed by atoms with E-state index in [-0.39, 0.29) is 0 Å². The van der Waals surface area contributed by atoms with Crippen molar-refractivity contribution in [2.45, 2.75) is 26.7 Å². The fourth-order valence-electron chi connectivity index (χ4n) is 1.24. The van der Waals surface area contributed by atoms with Crippen LogP contribution in [0.4, 0.5) is 0 Å². The highest BCUT2D eigenvalue weighted by atomic mass is 16.5. The van der Waals surface area contributed by atoms with Crippen LogP contribution in [0.1, 0.15) is 32.3 Å². The van der Waals surface area contributed by atoms with E-state index < -0.39 is 0 Å². The first-order valence-electron chi connectivity index (χ1n) is 4.53. The van der Waals surface area contributed by atoms with Crippen molar-refractivity contribution in [3.63, 3.8) is 0 Å². The quantitative estimate of drug-likeness (QED) is 0.638. The maximum Gasteiger partial charge on any atom is 0.130 e. The number of rotatable bonds is 3. The highest BCUT2D eigenvalue weighted by Crippen LogP contribution is 2.26. The predicted molar refractivity (Wildman–Crippen MR) is 56.0 cm³/mol. The number of ether oxygens (including phenoxy) is 1. The van der Waals surface area contributed by atoms with Crippen LogP contribution in [-0.4, -0.2) is 0 Å². The SMILES string of the molecule is C=C(C)Oc1ccccc1C(C)C. The van der Waals surface area contributed by atoms with Crippen molar-refractivity contribution in [1.82, 2.24) is 0 Å². The standard InChI is InChI=1S/C12H16O/c1-9(2)11-7-5-6-8-12(11)13-10(3)4/h5-9H,3H2,1-2,4H3. The summed E-state index contributed by atoms with van der Waals surface area (Å²) in [7, 11) is 0. The summed E-state index contributed by atoms with van der Waals surface area (Å²) in [5.41, 5.74) is 1.23. The summed E-state index contributed by atoms with van der Waals surface area (Å²) in [6, 6.07) is 8.07. The average Bonchev–Trinajstić information content (AvgIpc) is 2.03. The van der Waals surface area contributed by atoms with Gasteiger partial charge in [-0.25, -0.2) is 0 Å². The Morgan fingerprint density at radius 1 is 1.31 bits per heavy atom. The van der Waals surface area contributed by atoms with Gasteiger partial charge in [0.15, 0.2) is 0 Å². The zero-order valence-electron chi connectivity index (χ0n) is 8.50. The van der Waals surface area contributed by atoms with Crippen LogP contribution >= 0.6 is 0 Å². The second-order valence-corrected chi connectivity index (χ2v) is 3.50. The van der Waals surface area contributed by atoms with E-state index in [0.29, 0.717) is 5.92 Å². The topological polar surface area (TPSA) is 9.23 Å². The summed E-state index contributed by atoms with van der Waals surface area (Å²) in [4.78, 5) is 0. The molecule has 1 aromatic carbocycles. The second-order valence-electron chi connectivity index (χ2n) is 3.50. The third-order valence-corrected chi connectivity index (χ3v) is 1.83. The van der Waals surface area contributed by atoms with Gasteiger partial charge in [0.2, 0.25) is 0 Å². The molecule has 0 radical (unpaired) electrons. The summed E-state index contributed by atoms with van der Waals surface area (Å²) in [6.07, 6.45) is 0. The first-order chi connectivity index (χ1) is 6.11. The van der Waals surface area contributed by atoms with Gasteiger partial charge >= 0.3 is 0 Å². The Labute approximate surface area is 80.0 Å². The van der Waals surface area contributed by atoms with Crippen molar-refractivity contribution < 1.29 is 4.74 Å². The average molecular weight is 176 g/mol. The Morgan fingerprint density at radius 2 is 1.92 bits per heavy atom. The second kappa shape index (κ2) is 4.13. The van der Waals surface area contributed by atoms with Gasteiger partial charge in [0.25, 0.3) is 0 Å². The Kier molecular flexibility index (Phi) is 3.13. The molecule has 0 unspecified atom stereocenters. The summed E-state index contributed by atoms with van der Waals surface area (Å²) in [6.45, 7) is 9.89. The molecule has 0 N–H and O–H groups in total. The molecule has 1 aromatic rings. The van der Waals surface area contributed by atoms with Gasteiger partial charge in [-0.15, -0.1) is 0 Å². The molecule has 0 aliphatic heterocycles. The monoisotopic (exact) mass is 176 g/mol. The number of hydrogen-bond donors (Lipinski definition) is 0. The molecule has 0 aliphatic rings. The number of hydrogen-bond acceptors (Lipinski definition) is 1. The molecule has 0 spiro atoms. The van der Waals surface area contributed by atoms with Gasteiger partial charge < -0.3 is 4.74 Å². The Morgan fingerprint density at radius 3 is 2.46 bits per heavy atom. The van der Waals surface area contributed by atoms with E-state index in [2.05, 4.69) is 26.5 Å². The molecule has 1 nitrogen and oxygen atoms in total. The highest BCUT2D eigenvalue weighted by Gasteiger charge is 2.06. The van der Waals surface area contributed by atoms with Crippen molar-refractivity contribution in [2.24, 2.45) is 0 Å². The van der Waals surface area contributed by atoms with Gasteiger partial charge in [-0.05, 0) is 24.5 Å². The van der Waals surface area contributed by atoms with Crippen molar-refractivity contribution in [3.05, 3.63) is 42.2 Å². The van der Waals surface area contributed by atoms with Crippen LogP contribution in [-0.2, 0) is 0 Å². The van der Waals surface area contributed by atoms with Crippen LogP contribution in [0.15, 0.2) is 36.6 Å². The minimum atomic E-state index is 0.482. The van der Waals surface area contributed by atoms with Gasteiger partial charge in [0.05, 0.1) is 5.76 Å². The van der Waals surface area contributed by atoms with E-state index in [0.717, 1.165) is 11.5 Å². The van der Waals surface area contributed by atoms with Crippen LogP contribution in [0, 0.1) is 0 Å². The van der Waals surface area contributed by atoms with E-state index in [9.17, 15) is 0 Å². The molecular formula is C12H16O. The fourth-order valence-corrected chi connectivity index (χ4v) is 1.24. The molecule has 13 heavy (non-hydrogen) atoms. The van der Waals surface area contributed by atoms with E-state index in [1.165, 1.54) is 5.56 Å². The van der Waals surface area contributed by atoms with Gasteiger partial charge in [0, 0.05) is 0 Å². The van der Waals surface area contributed by atoms with Crippen LogP contribution in [0.5, 0.6) is 5.75 Å². The molecule has 70 valence electrons. The summed E-state index contributed by atoms with van der Waals surface area (Å²) < 4.78 is 5.51. The van der Waals surface area contributed by atoms with Crippen LogP contribution in [0.2, 0.25) is 0 Å². The van der Waals surface area contributed by atoms with Crippen molar-refractivity contribution in [3.8, 4) is 5.75 Å². The first kappa shape index (κ1) is 9.85. The zero-order chi connectivity index (χ0) is 9.84. The third kappa shape index (κ3) is 2.62. The van der Waals surface area contributed by atoms with Crippen LogP contribution in [0.25, 0.3) is 0 Å². The normalized spacial score (nSPS) is 10.2. The molecule has 1 rings (SSSR count). The molecule has 0 bridgehead atoms. The molecule has 0 aromatic heterocycles. The Bertz CT molecular complexity index is 300. The smallest absolute Gasteiger partial charge is 0.130 e. The summed E-state index contributed by atoms with van der Waals surface area (Å²) in [5, 5.41) is 0. The van der Waals surface area contributed by atoms with Gasteiger partial charge in [0.1, 0.15) is 5.75 Å². The third-order valence-electron chi connectivity index (χ3n) is 1.83. The zero-order valence-corrected chi connectivity index (χ0v) is 8.50. The van der Waals surface area contributed by atoms with E-state index in [1.54, 1.807) is 0 Å². The molecular weight excluding hydrogens is 160 g/mol. The van der Waals surface area contributed by atoms with Crippen LogP contribution in [0.3, 0.4) is 0 Å². The maximum absolute atomic E-state index is 5.51. The molecule has 0 saturated carbocycles. The number of benzene rings is 1. The molecule has 0 aliphatic carbocycles. The maximum atomic E-state index is 5.51. The van der Waals surface area contributed by atoms with Crippen molar-refractivity contribution in [1.29, 1.82) is 0 Å². The lowest BCUT2D eigenvalue weighted by Crippen LogP contribution is -1.95. The van der Waals surface area contributed by atoms with Gasteiger partial charge in [-0.3, -0.25) is 0 Å². The fraction of sp³-hybridized carbons (Fsp3) is 0.333. The predicted octanol–water partition coefficient (Wildman–Crippen LogP) is 3.72. The van der Waals surface area contributed by atoms with Gasteiger partial charge in [-0.1, -0.05) is 38.6 Å². The minimum Gasteiger partial charge on any atom is -0.462 e. The van der Waals surface area contributed by atoms with Crippen LogP contribution < -0.4 is 4.74 Å². The Balaban J connectivity index is 2.97. The van der Waals surface area contributed by atoms with Crippen molar-refractivity contribution in [2.75, 3.05) is 0 Å². The van der Waals surface area contributed by atoms with Gasteiger partial charge in [-0.2, -0.15) is 0 Å². The van der Waals surface area contributed by atoms with E-state index in [4.69, 9.17) is 4.74 Å². The van der Waals surface area contributed by atoms with E-state index >= 15 is 0 Å². The largest absolute Gasteiger partial charge is 0.462 e.